The molecule has 0 radical (unpaired) electrons. The van der Waals surface area contributed by atoms with Gasteiger partial charge in [-0.3, -0.25) is 0 Å². The lowest BCUT2D eigenvalue weighted by Crippen LogP contribution is -2.29. The van der Waals surface area contributed by atoms with E-state index in [-0.39, 0.29) is 0 Å². The fourth-order valence-electron chi connectivity index (χ4n) is 2.08. The average Bonchev–Trinajstić information content (AvgIpc) is 2.49. The zero-order valence-corrected chi connectivity index (χ0v) is 13.5. The highest BCUT2D eigenvalue weighted by molar-refractivity contribution is 5.80. The topological polar surface area (TPSA) is 68.2 Å². The predicted octanol–water partition coefficient (Wildman–Crippen LogP) is 2.19. The van der Waals surface area contributed by atoms with E-state index in [1.807, 2.05) is 23.1 Å². The van der Waals surface area contributed by atoms with Crippen molar-refractivity contribution in [1.82, 2.24) is 0 Å². The summed E-state index contributed by atoms with van der Waals surface area (Å²) in [5.41, 5.74) is 1.66. The van der Waals surface area contributed by atoms with Crippen molar-refractivity contribution < 1.29 is 24.1 Å². The van der Waals surface area contributed by atoms with Gasteiger partial charge >= 0.3 is 5.97 Å². The Kier molecular flexibility index (Phi) is 7.25. The Bertz CT molecular complexity index is 527. The Labute approximate surface area is 130 Å². The van der Waals surface area contributed by atoms with E-state index in [0.717, 1.165) is 11.3 Å². The third kappa shape index (κ3) is 5.29. The molecule has 0 saturated heterocycles. The number of rotatable bonds is 9. The number of aliphatic carboxylic acids is 1. The number of benzene rings is 1. The molecular weight excluding hydrogens is 286 g/mol. The third-order valence-corrected chi connectivity index (χ3v) is 3.11. The number of carboxylic acid groups (broad SMARTS) is 1. The molecule has 6 nitrogen and oxygen atoms in total. The molecule has 0 aromatic heterocycles. The molecule has 0 unspecified atom stereocenters. The first-order valence-corrected chi connectivity index (χ1v) is 6.87. The van der Waals surface area contributed by atoms with Crippen LogP contribution in [-0.4, -0.2) is 52.1 Å². The highest BCUT2D eigenvalue weighted by Crippen LogP contribution is 2.31. The zero-order valence-electron chi connectivity index (χ0n) is 13.5. The predicted molar refractivity (Wildman–Crippen MR) is 85.0 cm³/mol. The van der Waals surface area contributed by atoms with E-state index >= 15 is 0 Å². The summed E-state index contributed by atoms with van der Waals surface area (Å²) in [6.07, 6.45) is 1.21. The smallest absolute Gasteiger partial charge is 0.328 e. The van der Waals surface area contributed by atoms with Crippen LogP contribution in [0, 0.1) is 0 Å². The summed E-state index contributed by atoms with van der Waals surface area (Å²) in [4.78, 5) is 12.8. The number of nitrogens with zero attached hydrogens (tertiary/aromatic N) is 1. The van der Waals surface area contributed by atoms with Gasteiger partial charge in [-0.2, -0.15) is 0 Å². The SMILES string of the molecule is COCCN(C/C(C)=C/C(=O)O)c1ccc(OC)c(OC)c1. The van der Waals surface area contributed by atoms with Crippen LogP contribution in [0.3, 0.4) is 0 Å². The normalized spacial score (nSPS) is 11.2. The molecule has 0 aliphatic rings. The Hall–Kier alpha value is -2.21. The summed E-state index contributed by atoms with van der Waals surface area (Å²) >= 11 is 0. The van der Waals surface area contributed by atoms with Gasteiger partial charge < -0.3 is 24.2 Å². The maximum atomic E-state index is 10.8. The first-order valence-electron chi connectivity index (χ1n) is 6.87. The highest BCUT2D eigenvalue weighted by atomic mass is 16.5. The molecule has 22 heavy (non-hydrogen) atoms. The second-order valence-corrected chi connectivity index (χ2v) is 4.78. The summed E-state index contributed by atoms with van der Waals surface area (Å²) in [6.45, 7) is 3.45. The Balaban J connectivity index is 3.03. The Morgan fingerprint density at radius 3 is 2.45 bits per heavy atom. The molecule has 0 atom stereocenters. The van der Waals surface area contributed by atoms with Gasteiger partial charge in [-0.1, -0.05) is 0 Å². The minimum atomic E-state index is -0.948. The molecule has 122 valence electrons. The van der Waals surface area contributed by atoms with Gasteiger partial charge in [0.15, 0.2) is 11.5 Å². The van der Waals surface area contributed by atoms with Crippen molar-refractivity contribution in [2.75, 3.05) is 45.9 Å². The average molecular weight is 309 g/mol. The molecule has 1 aromatic rings. The lowest BCUT2D eigenvalue weighted by Gasteiger charge is -2.25. The van der Waals surface area contributed by atoms with Gasteiger partial charge in [0.25, 0.3) is 0 Å². The number of anilines is 1. The maximum absolute atomic E-state index is 10.8. The van der Waals surface area contributed by atoms with Crippen LogP contribution in [-0.2, 0) is 9.53 Å². The van der Waals surface area contributed by atoms with Crippen LogP contribution < -0.4 is 14.4 Å². The highest BCUT2D eigenvalue weighted by Gasteiger charge is 2.12. The lowest BCUT2D eigenvalue weighted by atomic mass is 10.2. The minimum absolute atomic E-state index is 0.491. The van der Waals surface area contributed by atoms with Crippen molar-refractivity contribution in [1.29, 1.82) is 0 Å². The number of hydrogen-bond donors (Lipinski definition) is 1. The van der Waals surface area contributed by atoms with E-state index in [4.69, 9.17) is 19.3 Å². The zero-order chi connectivity index (χ0) is 16.5. The molecule has 0 bridgehead atoms. The lowest BCUT2D eigenvalue weighted by molar-refractivity contribution is -0.131. The first-order chi connectivity index (χ1) is 10.5. The van der Waals surface area contributed by atoms with Crippen LogP contribution in [0.1, 0.15) is 6.92 Å². The summed E-state index contributed by atoms with van der Waals surface area (Å²) in [6, 6.07) is 5.60. The molecule has 1 N–H and O–H groups in total. The third-order valence-electron chi connectivity index (χ3n) is 3.11. The molecule has 0 fully saturated rings. The van der Waals surface area contributed by atoms with E-state index < -0.39 is 5.97 Å². The number of methoxy groups -OCH3 is 3. The summed E-state index contributed by atoms with van der Waals surface area (Å²) < 4.78 is 15.7. The van der Waals surface area contributed by atoms with Crippen LogP contribution in [0.5, 0.6) is 11.5 Å². The van der Waals surface area contributed by atoms with Crippen LogP contribution in [0.25, 0.3) is 0 Å². The molecule has 0 aliphatic heterocycles. The Morgan fingerprint density at radius 1 is 1.23 bits per heavy atom. The van der Waals surface area contributed by atoms with Crippen molar-refractivity contribution in [3.05, 3.63) is 29.8 Å². The van der Waals surface area contributed by atoms with Crippen LogP contribution in [0.4, 0.5) is 5.69 Å². The molecule has 6 heteroatoms. The fourth-order valence-corrected chi connectivity index (χ4v) is 2.08. The van der Waals surface area contributed by atoms with Crippen molar-refractivity contribution in [3.63, 3.8) is 0 Å². The van der Waals surface area contributed by atoms with E-state index in [1.165, 1.54) is 6.08 Å². The summed E-state index contributed by atoms with van der Waals surface area (Å²) in [5, 5.41) is 8.84. The first kappa shape index (κ1) is 17.8. The van der Waals surface area contributed by atoms with E-state index in [2.05, 4.69) is 0 Å². The molecule has 0 saturated carbocycles. The molecule has 0 aliphatic carbocycles. The van der Waals surface area contributed by atoms with Crippen LogP contribution in [0.15, 0.2) is 29.8 Å². The van der Waals surface area contributed by atoms with E-state index in [0.29, 0.717) is 31.2 Å². The van der Waals surface area contributed by atoms with Crippen molar-refractivity contribution in [2.24, 2.45) is 0 Å². The summed E-state index contributed by atoms with van der Waals surface area (Å²) in [7, 11) is 4.80. The van der Waals surface area contributed by atoms with Gasteiger partial charge in [-0.05, 0) is 24.6 Å². The van der Waals surface area contributed by atoms with Gasteiger partial charge in [-0.25, -0.2) is 4.79 Å². The molecular formula is C16H23NO5. The largest absolute Gasteiger partial charge is 0.493 e. The molecule has 1 aromatic carbocycles. The second kappa shape index (κ2) is 8.94. The summed E-state index contributed by atoms with van der Waals surface area (Å²) in [5.74, 6) is 0.328. The van der Waals surface area contributed by atoms with Gasteiger partial charge in [0, 0.05) is 38.0 Å². The Morgan fingerprint density at radius 2 is 1.91 bits per heavy atom. The molecule has 1 rings (SSSR count). The fraction of sp³-hybridized carbons (Fsp3) is 0.438. The number of carboxylic acids is 1. The number of carbonyl (C=O) groups is 1. The van der Waals surface area contributed by atoms with Gasteiger partial charge in [0.2, 0.25) is 0 Å². The van der Waals surface area contributed by atoms with Crippen molar-refractivity contribution >= 4 is 11.7 Å². The molecule has 0 amide bonds. The van der Waals surface area contributed by atoms with Crippen molar-refractivity contribution in [3.8, 4) is 11.5 Å². The van der Waals surface area contributed by atoms with Crippen LogP contribution >= 0.6 is 0 Å². The molecule has 0 spiro atoms. The van der Waals surface area contributed by atoms with Crippen molar-refractivity contribution in [2.45, 2.75) is 6.92 Å². The van der Waals surface area contributed by atoms with Gasteiger partial charge in [-0.15, -0.1) is 0 Å². The van der Waals surface area contributed by atoms with E-state index in [1.54, 1.807) is 28.3 Å². The monoisotopic (exact) mass is 309 g/mol. The maximum Gasteiger partial charge on any atom is 0.328 e. The second-order valence-electron chi connectivity index (χ2n) is 4.78. The van der Waals surface area contributed by atoms with Crippen LogP contribution in [0.2, 0.25) is 0 Å². The number of hydrogen-bond acceptors (Lipinski definition) is 5. The molecule has 0 heterocycles. The standard InChI is InChI=1S/C16H23NO5/c1-12(9-16(18)19)11-17(7-8-20-2)13-5-6-14(21-3)15(10-13)22-4/h5-6,9-10H,7-8,11H2,1-4H3,(H,18,19)/b12-9+. The number of ether oxygens (including phenoxy) is 3. The quantitative estimate of drug-likeness (QED) is 0.705. The van der Waals surface area contributed by atoms with Gasteiger partial charge in [0.1, 0.15) is 0 Å². The van der Waals surface area contributed by atoms with E-state index in [9.17, 15) is 4.79 Å². The minimum Gasteiger partial charge on any atom is -0.493 e. The van der Waals surface area contributed by atoms with Gasteiger partial charge in [0.05, 0.1) is 20.8 Å².